The van der Waals surface area contributed by atoms with Crippen LogP contribution in [0.3, 0.4) is 0 Å². The molecule has 0 radical (unpaired) electrons. The molecular formula is C19H16BClF2N2O. The van der Waals surface area contributed by atoms with Crippen LogP contribution in [0.4, 0.5) is 14.5 Å². The number of nitrogens with zero attached hydrogens (tertiary/aromatic N) is 1. The van der Waals surface area contributed by atoms with E-state index in [9.17, 15) is 13.6 Å². The third-order valence-corrected chi connectivity index (χ3v) is 4.37. The van der Waals surface area contributed by atoms with Crippen molar-refractivity contribution in [2.75, 3.05) is 5.32 Å². The smallest absolute Gasteiger partial charge is 0.246 e. The summed E-state index contributed by atoms with van der Waals surface area (Å²) in [6.07, 6.45) is 1.64. The van der Waals surface area contributed by atoms with Crippen LogP contribution in [0.2, 0.25) is 5.02 Å². The highest BCUT2D eigenvalue weighted by molar-refractivity contribution is 6.35. The highest BCUT2D eigenvalue weighted by Crippen LogP contribution is 2.15. The van der Waals surface area contributed by atoms with Crippen molar-refractivity contribution in [3.8, 4) is 0 Å². The van der Waals surface area contributed by atoms with Gasteiger partial charge in [-0.1, -0.05) is 29.8 Å². The molecule has 0 bridgehead atoms. The maximum atomic E-state index is 13.9. The first kappa shape index (κ1) is 18.2. The number of aromatic nitrogens is 1. The van der Waals surface area contributed by atoms with Gasteiger partial charge in [0.15, 0.2) is 0 Å². The topological polar surface area (TPSA) is 34.0 Å². The second-order valence-electron chi connectivity index (χ2n) is 6.01. The lowest BCUT2D eigenvalue weighted by atomic mass is 9.95. The lowest BCUT2D eigenvalue weighted by molar-refractivity contribution is 0.613. The molecule has 7 heteroatoms. The number of halogens is 3. The number of pyridine rings is 1. The van der Waals surface area contributed by atoms with Crippen molar-refractivity contribution in [1.29, 1.82) is 0 Å². The van der Waals surface area contributed by atoms with Crippen molar-refractivity contribution in [3.63, 3.8) is 0 Å². The highest BCUT2D eigenvalue weighted by atomic mass is 35.5. The number of rotatable bonds is 5. The fraction of sp³-hybridized carbons (Fsp3) is 0.105. The van der Waals surface area contributed by atoms with E-state index < -0.39 is 5.82 Å². The number of benzene rings is 2. The molecule has 3 rings (SSSR count). The molecule has 26 heavy (non-hydrogen) atoms. The summed E-state index contributed by atoms with van der Waals surface area (Å²) in [5, 5.41) is 3.41. The first-order valence-corrected chi connectivity index (χ1v) is 8.44. The molecule has 0 atom stereocenters. The van der Waals surface area contributed by atoms with Gasteiger partial charge in [0.05, 0.1) is 6.54 Å². The van der Waals surface area contributed by atoms with E-state index in [1.165, 1.54) is 22.8 Å². The van der Waals surface area contributed by atoms with Crippen LogP contribution in [-0.2, 0) is 13.1 Å². The van der Waals surface area contributed by atoms with Crippen LogP contribution in [0.15, 0.2) is 59.5 Å². The molecule has 0 saturated carbocycles. The minimum atomic E-state index is -0.401. The van der Waals surface area contributed by atoms with E-state index in [1.807, 2.05) is 0 Å². The standard InChI is InChI=1S/C19H16BClF2N2O/c20-18-17(24-10-13-4-5-14(21)9-16(13)23)6-7-25(19(18)26)11-12-2-1-3-15(22)8-12/h1-9,24H,10-11,20H2. The van der Waals surface area contributed by atoms with Crippen molar-refractivity contribution in [1.82, 2.24) is 4.57 Å². The Bertz CT molecular complexity index is 1010. The van der Waals surface area contributed by atoms with Gasteiger partial charge < -0.3 is 9.88 Å². The van der Waals surface area contributed by atoms with E-state index in [1.54, 1.807) is 44.4 Å². The van der Waals surface area contributed by atoms with Gasteiger partial charge in [-0.2, -0.15) is 0 Å². The Kier molecular flexibility index (Phi) is 5.42. The molecule has 0 fully saturated rings. The molecule has 132 valence electrons. The Balaban J connectivity index is 1.78. The minimum Gasteiger partial charge on any atom is -0.381 e. The van der Waals surface area contributed by atoms with E-state index in [0.29, 0.717) is 27.3 Å². The summed E-state index contributed by atoms with van der Waals surface area (Å²) in [4.78, 5) is 12.5. The van der Waals surface area contributed by atoms with Crippen molar-refractivity contribution in [2.24, 2.45) is 0 Å². The molecule has 0 unspecified atom stereocenters. The van der Waals surface area contributed by atoms with Crippen LogP contribution in [0.25, 0.3) is 0 Å². The number of hydrogen-bond acceptors (Lipinski definition) is 2. The first-order chi connectivity index (χ1) is 12.4. The van der Waals surface area contributed by atoms with Crippen LogP contribution >= 0.6 is 11.6 Å². The van der Waals surface area contributed by atoms with Crippen LogP contribution in [0.1, 0.15) is 11.1 Å². The monoisotopic (exact) mass is 372 g/mol. The Hall–Kier alpha value is -2.60. The summed E-state index contributed by atoms with van der Waals surface area (Å²) in [7, 11) is 1.70. The zero-order chi connectivity index (χ0) is 18.7. The number of hydrogen-bond donors (Lipinski definition) is 1. The molecule has 0 aliphatic heterocycles. The molecule has 2 aromatic carbocycles. The fourth-order valence-corrected chi connectivity index (χ4v) is 2.85. The maximum absolute atomic E-state index is 13.9. The predicted octanol–water partition coefficient (Wildman–Crippen LogP) is 2.70. The lowest BCUT2D eigenvalue weighted by Crippen LogP contribution is -2.36. The molecule has 1 N–H and O–H groups in total. The van der Waals surface area contributed by atoms with Gasteiger partial charge in [0.2, 0.25) is 5.56 Å². The summed E-state index contributed by atoms with van der Waals surface area (Å²) in [5.41, 5.74) is 2.11. The van der Waals surface area contributed by atoms with Gasteiger partial charge in [0.25, 0.3) is 0 Å². The summed E-state index contributed by atoms with van der Waals surface area (Å²) < 4.78 is 28.7. The Morgan fingerprint density at radius 3 is 2.65 bits per heavy atom. The van der Waals surface area contributed by atoms with Crippen molar-refractivity contribution in [2.45, 2.75) is 13.1 Å². The largest absolute Gasteiger partial charge is 0.381 e. The maximum Gasteiger partial charge on any atom is 0.246 e. The van der Waals surface area contributed by atoms with Gasteiger partial charge >= 0.3 is 0 Å². The van der Waals surface area contributed by atoms with Gasteiger partial charge in [0, 0.05) is 29.0 Å². The normalized spacial score (nSPS) is 10.7. The Morgan fingerprint density at radius 1 is 1.12 bits per heavy atom. The van der Waals surface area contributed by atoms with E-state index in [2.05, 4.69) is 5.32 Å². The van der Waals surface area contributed by atoms with Crippen LogP contribution in [-0.4, -0.2) is 12.4 Å². The van der Waals surface area contributed by atoms with E-state index in [-0.39, 0.29) is 24.5 Å². The molecule has 0 spiro atoms. The Morgan fingerprint density at radius 2 is 1.92 bits per heavy atom. The predicted molar refractivity (Wildman–Crippen MR) is 103 cm³/mol. The molecule has 0 aliphatic carbocycles. The number of nitrogens with one attached hydrogen (secondary N) is 1. The average Bonchev–Trinajstić information content (AvgIpc) is 2.60. The van der Waals surface area contributed by atoms with Gasteiger partial charge in [-0.25, -0.2) is 8.78 Å². The van der Waals surface area contributed by atoms with Gasteiger partial charge in [-0.3, -0.25) is 4.79 Å². The summed E-state index contributed by atoms with van der Waals surface area (Å²) in [5.74, 6) is -0.738. The van der Waals surface area contributed by atoms with E-state index in [4.69, 9.17) is 11.6 Å². The highest BCUT2D eigenvalue weighted by Gasteiger charge is 2.08. The number of anilines is 1. The zero-order valence-electron chi connectivity index (χ0n) is 14.1. The second-order valence-corrected chi connectivity index (χ2v) is 6.44. The molecule has 1 heterocycles. The van der Waals surface area contributed by atoms with Gasteiger partial charge in [-0.15, -0.1) is 0 Å². The Labute approximate surface area is 155 Å². The first-order valence-electron chi connectivity index (χ1n) is 8.06. The molecule has 3 aromatic rings. The molecule has 3 nitrogen and oxygen atoms in total. The van der Waals surface area contributed by atoms with E-state index in [0.717, 1.165) is 0 Å². The van der Waals surface area contributed by atoms with Crippen LogP contribution in [0.5, 0.6) is 0 Å². The summed E-state index contributed by atoms with van der Waals surface area (Å²) in [6.45, 7) is 0.515. The third-order valence-electron chi connectivity index (χ3n) is 4.13. The second kappa shape index (κ2) is 7.75. The molecule has 0 aliphatic rings. The molecular weight excluding hydrogens is 356 g/mol. The fourth-order valence-electron chi connectivity index (χ4n) is 2.69. The molecule has 1 aromatic heterocycles. The minimum absolute atomic E-state index is 0.184. The van der Waals surface area contributed by atoms with Crippen molar-refractivity contribution < 1.29 is 8.78 Å². The van der Waals surface area contributed by atoms with Crippen molar-refractivity contribution in [3.05, 3.63) is 92.9 Å². The molecule has 0 saturated heterocycles. The van der Waals surface area contributed by atoms with Crippen LogP contribution in [0, 0.1) is 11.6 Å². The lowest BCUT2D eigenvalue weighted by Gasteiger charge is -2.13. The van der Waals surface area contributed by atoms with Crippen molar-refractivity contribution >= 4 is 30.6 Å². The SMILES string of the molecule is Bc1c(NCc2ccc(Cl)cc2F)ccn(Cc2cccc(F)c2)c1=O. The quantitative estimate of drug-likeness (QED) is 0.699. The summed E-state index contributed by atoms with van der Waals surface area (Å²) in [6, 6.07) is 12.4. The molecule has 0 amide bonds. The average molecular weight is 373 g/mol. The third kappa shape index (κ3) is 4.14. The van der Waals surface area contributed by atoms with Crippen LogP contribution < -0.4 is 16.3 Å². The van der Waals surface area contributed by atoms with Gasteiger partial charge in [0.1, 0.15) is 19.5 Å². The van der Waals surface area contributed by atoms with E-state index >= 15 is 0 Å². The van der Waals surface area contributed by atoms with Gasteiger partial charge in [-0.05, 0) is 41.4 Å². The zero-order valence-corrected chi connectivity index (χ0v) is 14.9. The summed E-state index contributed by atoms with van der Waals surface area (Å²) >= 11 is 5.75.